The van der Waals surface area contributed by atoms with E-state index in [1.807, 2.05) is 43.3 Å². The molecule has 0 heterocycles. The van der Waals surface area contributed by atoms with Gasteiger partial charge in [-0.05, 0) is 42.8 Å². The number of nitriles is 1. The molecule has 0 radical (unpaired) electrons. The van der Waals surface area contributed by atoms with E-state index < -0.39 is 5.91 Å². The van der Waals surface area contributed by atoms with Crippen LogP contribution in [-0.2, 0) is 11.4 Å². The normalized spacial score (nSPS) is 10.9. The number of para-hydroxylation sites is 1. The van der Waals surface area contributed by atoms with E-state index in [1.165, 1.54) is 6.08 Å². The molecule has 1 amide bonds. The van der Waals surface area contributed by atoms with Crippen molar-refractivity contribution < 1.29 is 9.53 Å². The van der Waals surface area contributed by atoms with E-state index in [1.54, 1.807) is 36.4 Å². The highest BCUT2D eigenvalue weighted by Crippen LogP contribution is 2.25. The highest BCUT2D eigenvalue weighted by Gasteiger charge is 2.13. The molecule has 4 nitrogen and oxygen atoms in total. The monoisotopic (exact) mass is 436 g/mol. The molecule has 0 aromatic heterocycles. The lowest BCUT2D eigenvalue weighted by molar-refractivity contribution is -0.112. The Balaban J connectivity index is 1.82. The van der Waals surface area contributed by atoms with E-state index in [9.17, 15) is 10.1 Å². The minimum atomic E-state index is -0.524. The Hall–Kier alpha value is -3.26. The van der Waals surface area contributed by atoms with Crippen LogP contribution in [0.2, 0.25) is 10.0 Å². The second-order valence-electron chi connectivity index (χ2n) is 6.50. The van der Waals surface area contributed by atoms with Crippen LogP contribution < -0.4 is 10.1 Å². The summed E-state index contributed by atoms with van der Waals surface area (Å²) in [6, 6.07) is 21.7. The molecule has 0 unspecified atom stereocenters. The molecule has 0 aliphatic rings. The Bertz CT molecular complexity index is 1150. The van der Waals surface area contributed by atoms with Gasteiger partial charge in [0.2, 0.25) is 0 Å². The topological polar surface area (TPSA) is 62.1 Å². The molecule has 0 atom stereocenters. The SMILES string of the molecule is Cc1ccc(Cl)cc1NC(=O)/C(C#N)=C/c1ccccc1OCc1ccccc1Cl. The molecule has 3 aromatic rings. The van der Waals surface area contributed by atoms with Gasteiger partial charge in [-0.2, -0.15) is 5.26 Å². The van der Waals surface area contributed by atoms with E-state index in [4.69, 9.17) is 27.9 Å². The highest BCUT2D eigenvalue weighted by molar-refractivity contribution is 6.31. The standard InChI is InChI=1S/C24H18Cl2N2O2/c1-16-10-11-20(25)13-22(16)28-24(29)19(14-27)12-17-6-3-5-9-23(17)30-15-18-7-2-4-8-21(18)26/h2-13H,15H2,1H3,(H,28,29)/b19-12+. The van der Waals surface area contributed by atoms with Crippen LogP contribution in [0, 0.1) is 18.3 Å². The molecular formula is C24H18Cl2N2O2. The molecule has 3 aromatic carbocycles. The molecule has 3 rings (SSSR count). The smallest absolute Gasteiger partial charge is 0.266 e. The van der Waals surface area contributed by atoms with E-state index in [0.29, 0.717) is 27.0 Å². The van der Waals surface area contributed by atoms with Gasteiger partial charge >= 0.3 is 0 Å². The number of halogens is 2. The van der Waals surface area contributed by atoms with Gasteiger partial charge in [0.25, 0.3) is 5.91 Å². The fourth-order valence-electron chi connectivity index (χ4n) is 2.72. The minimum Gasteiger partial charge on any atom is -0.488 e. The van der Waals surface area contributed by atoms with Gasteiger partial charge in [-0.15, -0.1) is 0 Å². The number of rotatable bonds is 6. The maximum absolute atomic E-state index is 12.6. The molecule has 150 valence electrons. The van der Waals surface area contributed by atoms with Crippen LogP contribution in [0.15, 0.2) is 72.3 Å². The third-order valence-corrected chi connectivity index (χ3v) is 4.98. The van der Waals surface area contributed by atoms with Crippen molar-refractivity contribution in [1.29, 1.82) is 5.26 Å². The lowest BCUT2D eigenvalue weighted by atomic mass is 10.1. The third kappa shape index (κ3) is 5.42. The zero-order valence-electron chi connectivity index (χ0n) is 16.2. The van der Waals surface area contributed by atoms with Gasteiger partial charge in [0, 0.05) is 26.9 Å². The quantitative estimate of drug-likeness (QED) is 0.357. The number of amides is 1. The first kappa shape index (κ1) is 21.4. The Morgan fingerprint density at radius 3 is 2.60 bits per heavy atom. The summed E-state index contributed by atoms with van der Waals surface area (Å²) >= 11 is 12.2. The van der Waals surface area contributed by atoms with Crippen LogP contribution in [0.3, 0.4) is 0 Å². The number of carbonyl (C=O) groups is 1. The zero-order chi connectivity index (χ0) is 21.5. The molecule has 0 bridgehead atoms. The number of hydrogen-bond donors (Lipinski definition) is 1. The van der Waals surface area contributed by atoms with Crippen molar-refractivity contribution in [2.75, 3.05) is 5.32 Å². The largest absolute Gasteiger partial charge is 0.488 e. The Kier molecular flexibility index (Phi) is 7.13. The lowest BCUT2D eigenvalue weighted by Crippen LogP contribution is -2.14. The van der Waals surface area contributed by atoms with Crippen LogP contribution in [-0.4, -0.2) is 5.91 Å². The van der Waals surface area contributed by atoms with E-state index in [0.717, 1.165) is 11.1 Å². The predicted octanol–water partition coefficient (Wildman–Crippen LogP) is 6.43. The van der Waals surface area contributed by atoms with Gasteiger partial charge in [0.1, 0.15) is 24.0 Å². The van der Waals surface area contributed by atoms with E-state index in [2.05, 4.69) is 5.32 Å². The summed E-state index contributed by atoms with van der Waals surface area (Å²) in [5, 5.41) is 13.4. The van der Waals surface area contributed by atoms with Crippen molar-refractivity contribution in [3.63, 3.8) is 0 Å². The predicted molar refractivity (Wildman–Crippen MR) is 121 cm³/mol. The van der Waals surface area contributed by atoms with Crippen LogP contribution in [0.5, 0.6) is 5.75 Å². The maximum Gasteiger partial charge on any atom is 0.266 e. The summed E-state index contributed by atoms with van der Waals surface area (Å²) in [5.41, 5.74) is 2.79. The average molecular weight is 437 g/mol. The number of anilines is 1. The van der Waals surface area contributed by atoms with E-state index in [-0.39, 0.29) is 12.2 Å². The van der Waals surface area contributed by atoms with Crippen molar-refractivity contribution in [2.45, 2.75) is 13.5 Å². The van der Waals surface area contributed by atoms with Gasteiger partial charge in [-0.25, -0.2) is 0 Å². The number of hydrogen-bond acceptors (Lipinski definition) is 3. The van der Waals surface area contributed by atoms with Gasteiger partial charge in [0.15, 0.2) is 0 Å². The summed E-state index contributed by atoms with van der Waals surface area (Å²) in [6.07, 6.45) is 1.50. The van der Waals surface area contributed by atoms with Crippen LogP contribution in [0.1, 0.15) is 16.7 Å². The Morgan fingerprint density at radius 1 is 1.10 bits per heavy atom. The molecular weight excluding hydrogens is 419 g/mol. The molecule has 0 aliphatic carbocycles. The summed E-state index contributed by atoms with van der Waals surface area (Å²) in [5.74, 6) is 0.0145. The van der Waals surface area contributed by atoms with Crippen molar-refractivity contribution >= 4 is 40.9 Å². The fraction of sp³-hybridized carbons (Fsp3) is 0.0833. The molecule has 0 saturated heterocycles. The van der Waals surface area contributed by atoms with Crippen LogP contribution in [0.4, 0.5) is 5.69 Å². The van der Waals surface area contributed by atoms with Crippen LogP contribution >= 0.6 is 23.2 Å². The fourth-order valence-corrected chi connectivity index (χ4v) is 3.09. The first-order valence-corrected chi connectivity index (χ1v) is 9.88. The van der Waals surface area contributed by atoms with Gasteiger partial charge in [0.05, 0.1) is 0 Å². The van der Waals surface area contributed by atoms with Crippen molar-refractivity contribution in [1.82, 2.24) is 0 Å². The average Bonchev–Trinajstić information content (AvgIpc) is 2.74. The maximum atomic E-state index is 12.6. The summed E-state index contributed by atoms with van der Waals surface area (Å²) < 4.78 is 5.89. The molecule has 30 heavy (non-hydrogen) atoms. The van der Waals surface area contributed by atoms with Crippen molar-refractivity contribution in [2.24, 2.45) is 0 Å². The molecule has 6 heteroatoms. The number of nitrogens with zero attached hydrogens (tertiary/aromatic N) is 1. The third-order valence-electron chi connectivity index (χ3n) is 4.37. The van der Waals surface area contributed by atoms with Crippen molar-refractivity contribution in [3.8, 4) is 11.8 Å². The first-order chi connectivity index (χ1) is 14.5. The molecule has 0 fully saturated rings. The van der Waals surface area contributed by atoms with Gasteiger partial charge < -0.3 is 10.1 Å². The minimum absolute atomic E-state index is 0.0526. The number of benzene rings is 3. The van der Waals surface area contributed by atoms with E-state index >= 15 is 0 Å². The molecule has 1 N–H and O–H groups in total. The number of nitrogens with one attached hydrogen (secondary N) is 1. The number of carbonyl (C=O) groups excluding carboxylic acids is 1. The molecule has 0 spiro atoms. The number of aryl methyl sites for hydroxylation is 1. The second kappa shape index (κ2) is 9.98. The lowest BCUT2D eigenvalue weighted by Gasteiger charge is -2.11. The molecule has 0 aliphatic heterocycles. The Labute approximate surface area is 185 Å². The Morgan fingerprint density at radius 2 is 1.83 bits per heavy atom. The zero-order valence-corrected chi connectivity index (χ0v) is 17.7. The first-order valence-electron chi connectivity index (χ1n) is 9.12. The van der Waals surface area contributed by atoms with Crippen LogP contribution in [0.25, 0.3) is 6.08 Å². The second-order valence-corrected chi connectivity index (χ2v) is 7.34. The summed E-state index contributed by atoms with van der Waals surface area (Å²) in [7, 11) is 0. The van der Waals surface area contributed by atoms with Gasteiger partial charge in [-0.1, -0.05) is 65.7 Å². The number of ether oxygens (including phenoxy) is 1. The van der Waals surface area contributed by atoms with Crippen molar-refractivity contribution in [3.05, 3.63) is 99.0 Å². The summed E-state index contributed by atoms with van der Waals surface area (Å²) in [6.45, 7) is 2.11. The van der Waals surface area contributed by atoms with Gasteiger partial charge in [-0.3, -0.25) is 4.79 Å². The summed E-state index contributed by atoms with van der Waals surface area (Å²) in [4.78, 5) is 12.6. The highest BCUT2D eigenvalue weighted by atomic mass is 35.5. The molecule has 0 saturated carbocycles.